The first-order valence-electron chi connectivity index (χ1n) is 8.78. The van der Waals surface area contributed by atoms with Crippen molar-refractivity contribution in [3.8, 4) is 5.69 Å². The molecule has 1 aromatic carbocycles. The molecule has 2 aliphatic rings. The second-order valence-corrected chi connectivity index (χ2v) is 7.15. The van der Waals surface area contributed by atoms with Gasteiger partial charge in [-0.2, -0.15) is 5.10 Å². The monoisotopic (exact) mass is 360 g/mol. The lowest BCUT2D eigenvalue weighted by molar-refractivity contribution is 0.0607. The van der Waals surface area contributed by atoms with Gasteiger partial charge in [-0.3, -0.25) is 4.79 Å². The van der Waals surface area contributed by atoms with Crippen molar-refractivity contribution < 1.29 is 4.79 Å². The van der Waals surface area contributed by atoms with Crippen LogP contribution < -0.4 is 5.32 Å². The van der Waals surface area contributed by atoms with E-state index in [2.05, 4.69) is 10.4 Å². The molecule has 5 nitrogen and oxygen atoms in total. The highest BCUT2D eigenvalue weighted by atomic mass is 35.5. The summed E-state index contributed by atoms with van der Waals surface area (Å²) in [6, 6.07) is 9.75. The van der Waals surface area contributed by atoms with Gasteiger partial charge in [0.05, 0.1) is 5.69 Å². The number of amides is 1. The van der Waals surface area contributed by atoms with Crippen molar-refractivity contribution in [3.05, 3.63) is 47.8 Å². The van der Waals surface area contributed by atoms with Gasteiger partial charge in [-0.25, -0.2) is 4.68 Å². The van der Waals surface area contributed by atoms with Crippen LogP contribution >= 0.6 is 12.4 Å². The van der Waals surface area contributed by atoms with Crippen molar-refractivity contribution in [3.63, 3.8) is 0 Å². The first-order chi connectivity index (χ1) is 11.7. The maximum absolute atomic E-state index is 12.8. The molecule has 1 N–H and O–H groups in total. The molecule has 0 aliphatic carbocycles. The predicted molar refractivity (Wildman–Crippen MR) is 101 cm³/mol. The van der Waals surface area contributed by atoms with Gasteiger partial charge in [-0.1, -0.05) is 0 Å². The Morgan fingerprint density at radius 3 is 2.40 bits per heavy atom. The summed E-state index contributed by atoms with van der Waals surface area (Å²) in [5.74, 6) is 0.152. The van der Waals surface area contributed by atoms with E-state index in [-0.39, 0.29) is 18.3 Å². The average molecular weight is 361 g/mol. The number of hydrogen-bond acceptors (Lipinski definition) is 3. The molecule has 2 saturated heterocycles. The van der Waals surface area contributed by atoms with Crippen LogP contribution in [0, 0.1) is 12.3 Å². The summed E-state index contributed by atoms with van der Waals surface area (Å²) in [5, 5.41) is 7.78. The molecule has 0 radical (unpaired) electrons. The third-order valence-electron chi connectivity index (χ3n) is 5.63. The molecule has 1 spiro atoms. The quantitative estimate of drug-likeness (QED) is 0.896. The van der Waals surface area contributed by atoms with Crippen LogP contribution in [0.15, 0.2) is 36.5 Å². The molecule has 1 aromatic heterocycles. The van der Waals surface area contributed by atoms with E-state index in [0.29, 0.717) is 5.41 Å². The second-order valence-electron chi connectivity index (χ2n) is 7.15. The number of carbonyl (C=O) groups excluding carboxylic acids is 1. The molecule has 0 saturated carbocycles. The minimum atomic E-state index is 0. The minimum Gasteiger partial charge on any atom is -0.339 e. The highest BCUT2D eigenvalue weighted by Gasteiger charge is 2.38. The lowest BCUT2D eigenvalue weighted by atomic mass is 9.78. The van der Waals surface area contributed by atoms with Crippen molar-refractivity contribution in [1.29, 1.82) is 0 Å². The summed E-state index contributed by atoms with van der Waals surface area (Å²) in [6.45, 7) is 6.02. The highest BCUT2D eigenvalue weighted by molar-refractivity contribution is 5.94. The lowest BCUT2D eigenvalue weighted by Crippen LogP contribution is -2.44. The molecule has 134 valence electrons. The largest absolute Gasteiger partial charge is 0.339 e. The number of carbonyl (C=O) groups is 1. The van der Waals surface area contributed by atoms with Gasteiger partial charge in [0, 0.05) is 37.1 Å². The van der Waals surface area contributed by atoms with E-state index < -0.39 is 0 Å². The second kappa shape index (κ2) is 7.18. The van der Waals surface area contributed by atoms with E-state index in [1.165, 1.54) is 6.42 Å². The SMILES string of the molecule is Cc1ccnn1-c1ccc(C(=O)N2CCC3(CCNC3)CC2)cc1.Cl. The zero-order chi connectivity index (χ0) is 16.6. The van der Waals surface area contributed by atoms with Gasteiger partial charge in [-0.15, -0.1) is 12.4 Å². The van der Waals surface area contributed by atoms with Crippen LogP contribution in [-0.4, -0.2) is 46.8 Å². The standard InChI is InChI=1S/C19H24N4O.ClH/c1-15-6-10-21-23(15)17-4-2-16(3-5-17)18(24)22-12-8-19(9-13-22)7-11-20-14-19;/h2-6,10,20H,7-9,11-14H2,1H3;1H. The smallest absolute Gasteiger partial charge is 0.253 e. The van der Waals surface area contributed by atoms with Gasteiger partial charge in [0.1, 0.15) is 0 Å². The number of nitrogens with zero attached hydrogens (tertiary/aromatic N) is 3. The fraction of sp³-hybridized carbons (Fsp3) is 0.474. The topological polar surface area (TPSA) is 50.2 Å². The maximum Gasteiger partial charge on any atom is 0.253 e. The van der Waals surface area contributed by atoms with Crippen LogP contribution in [0.25, 0.3) is 5.69 Å². The highest BCUT2D eigenvalue weighted by Crippen LogP contribution is 2.37. The van der Waals surface area contributed by atoms with Crippen molar-refractivity contribution in [2.75, 3.05) is 26.2 Å². The summed E-state index contributed by atoms with van der Waals surface area (Å²) in [4.78, 5) is 14.8. The molecule has 2 fully saturated rings. The fourth-order valence-corrected chi connectivity index (χ4v) is 3.97. The van der Waals surface area contributed by atoms with E-state index in [0.717, 1.165) is 56.0 Å². The third-order valence-corrected chi connectivity index (χ3v) is 5.63. The van der Waals surface area contributed by atoms with E-state index in [1.807, 2.05) is 46.8 Å². The van der Waals surface area contributed by atoms with Crippen LogP contribution in [0.4, 0.5) is 0 Å². The number of halogens is 1. The summed E-state index contributed by atoms with van der Waals surface area (Å²) in [7, 11) is 0. The number of benzene rings is 1. The molecule has 3 heterocycles. The minimum absolute atomic E-state index is 0. The molecule has 0 unspecified atom stereocenters. The van der Waals surface area contributed by atoms with Crippen molar-refractivity contribution >= 4 is 18.3 Å². The number of likely N-dealkylation sites (tertiary alicyclic amines) is 1. The van der Waals surface area contributed by atoms with E-state index >= 15 is 0 Å². The lowest BCUT2D eigenvalue weighted by Gasteiger charge is -2.38. The number of nitrogens with one attached hydrogen (secondary N) is 1. The molecule has 2 aromatic rings. The summed E-state index contributed by atoms with van der Waals surface area (Å²) in [6.07, 6.45) is 5.29. The Morgan fingerprint density at radius 2 is 1.84 bits per heavy atom. The molecule has 2 aliphatic heterocycles. The molecule has 0 bridgehead atoms. The van der Waals surface area contributed by atoms with Gasteiger partial charge < -0.3 is 10.2 Å². The zero-order valence-electron chi connectivity index (χ0n) is 14.6. The van der Waals surface area contributed by atoms with E-state index in [1.54, 1.807) is 6.20 Å². The van der Waals surface area contributed by atoms with Crippen LogP contribution in [0.5, 0.6) is 0 Å². The van der Waals surface area contributed by atoms with Crippen LogP contribution in [0.3, 0.4) is 0 Å². The van der Waals surface area contributed by atoms with Gasteiger partial charge in [0.15, 0.2) is 0 Å². The summed E-state index contributed by atoms with van der Waals surface area (Å²) < 4.78 is 1.88. The maximum atomic E-state index is 12.8. The predicted octanol–water partition coefficient (Wildman–Crippen LogP) is 2.82. The first-order valence-corrected chi connectivity index (χ1v) is 8.78. The van der Waals surface area contributed by atoms with Gasteiger partial charge in [-0.05, 0) is 68.5 Å². The van der Waals surface area contributed by atoms with Crippen molar-refractivity contribution in [1.82, 2.24) is 20.0 Å². The Kier molecular flexibility index (Phi) is 5.16. The van der Waals surface area contributed by atoms with Crippen LogP contribution in [0.2, 0.25) is 0 Å². The average Bonchev–Trinajstić information content (AvgIpc) is 3.25. The van der Waals surface area contributed by atoms with Crippen molar-refractivity contribution in [2.45, 2.75) is 26.2 Å². The van der Waals surface area contributed by atoms with Gasteiger partial charge in [0.2, 0.25) is 0 Å². The van der Waals surface area contributed by atoms with Crippen LogP contribution in [0.1, 0.15) is 35.3 Å². The Balaban J connectivity index is 0.00000182. The van der Waals surface area contributed by atoms with Crippen molar-refractivity contribution in [2.24, 2.45) is 5.41 Å². The normalized spacial score (nSPS) is 19.0. The van der Waals surface area contributed by atoms with E-state index in [4.69, 9.17) is 0 Å². The van der Waals surface area contributed by atoms with Gasteiger partial charge in [0.25, 0.3) is 5.91 Å². The van der Waals surface area contributed by atoms with Gasteiger partial charge >= 0.3 is 0 Å². The number of hydrogen-bond donors (Lipinski definition) is 1. The number of piperidine rings is 1. The third kappa shape index (κ3) is 3.44. The fourth-order valence-electron chi connectivity index (χ4n) is 3.97. The molecule has 6 heteroatoms. The molecular weight excluding hydrogens is 336 g/mol. The first kappa shape index (κ1) is 18.0. The number of aryl methyl sites for hydroxylation is 1. The molecule has 25 heavy (non-hydrogen) atoms. The summed E-state index contributed by atoms with van der Waals surface area (Å²) in [5.41, 5.74) is 3.28. The Hall–Kier alpha value is -1.85. The Labute approximate surface area is 154 Å². The zero-order valence-corrected chi connectivity index (χ0v) is 15.4. The Morgan fingerprint density at radius 1 is 1.12 bits per heavy atom. The molecule has 0 atom stereocenters. The number of rotatable bonds is 2. The summed E-state index contributed by atoms with van der Waals surface area (Å²) >= 11 is 0. The molecular formula is C19H25ClN4O. The molecule has 1 amide bonds. The van der Waals surface area contributed by atoms with E-state index in [9.17, 15) is 4.79 Å². The van der Waals surface area contributed by atoms with Crippen LogP contribution in [-0.2, 0) is 0 Å². The molecule has 4 rings (SSSR count). The Bertz CT molecular complexity index is 724. The number of aromatic nitrogens is 2.